The van der Waals surface area contributed by atoms with Gasteiger partial charge >= 0.3 is 0 Å². The van der Waals surface area contributed by atoms with Crippen LogP contribution in [0.3, 0.4) is 0 Å². The van der Waals surface area contributed by atoms with Crippen LogP contribution in [-0.4, -0.2) is 30.4 Å². The highest BCUT2D eigenvalue weighted by Crippen LogP contribution is 2.25. The van der Waals surface area contributed by atoms with Crippen molar-refractivity contribution >= 4 is 24.2 Å². The van der Waals surface area contributed by atoms with Crippen molar-refractivity contribution in [2.24, 2.45) is 5.73 Å². The molecule has 2 amide bonds. The molecule has 1 saturated carbocycles. The van der Waals surface area contributed by atoms with Crippen LogP contribution in [0.15, 0.2) is 16.7 Å². The average Bonchev–Trinajstić information content (AvgIpc) is 2.93. The van der Waals surface area contributed by atoms with E-state index in [1.807, 2.05) is 6.92 Å². The number of amides is 2. The van der Waals surface area contributed by atoms with E-state index < -0.39 is 5.54 Å². The van der Waals surface area contributed by atoms with Crippen molar-refractivity contribution in [1.29, 1.82) is 0 Å². The molecule has 1 aliphatic carbocycles. The molecule has 0 atom stereocenters. The van der Waals surface area contributed by atoms with Crippen LogP contribution in [0.4, 0.5) is 0 Å². The SMILES string of the molecule is Cc1ccoc1C(=O)NCCCNC(=O)C1(N)CCCCC1.Cl. The van der Waals surface area contributed by atoms with E-state index in [0.29, 0.717) is 25.3 Å². The molecule has 4 N–H and O–H groups in total. The summed E-state index contributed by atoms with van der Waals surface area (Å²) >= 11 is 0. The zero-order valence-corrected chi connectivity index (χ0v) is 14.3. The number of carbonyl (C=O) groups is 2. The topological polar surface area (TPSA) is 97.4 Å². The summed E-state index contributed by atoms with van der Waals surface area (Å²) in [5, 5.41) is 5.65. The highest BCUT2D eigenvalue weighted by atomic mass is 35.5. The van der Waals surface area contributed by atoms with Gasteiger partial charge < -0.3 is 20.8 Å². The van der Waals surface area contributed by atoms with Crippen LogP contribution >= 0.6 is 12.4 Å². The van der Waals surface area contributed by atoms with Crippen LogP contribution in [0.1, 0.15) is 54.6 Å². The van der Waals surface area contributed by atoms with Crippen LogP contribution in [0.5, 0.6) is 0 Å². The van der Waals surface area contributed by atoms with Crippen LogP contribution in [0.2, 0.25) is 0 Å². The number of halogens is 1. The van der Waals surface area contributed by atoms with Gasteiger partial charge in [0, 0.05) is 18.7 Å². The maximum atomic E-state index is 12.1. The number of rotatable bonds is 6. The Hall–Kier alpha value is -1.53. The van der Waals surface area contributed by atoms with Gasteiger partial charge in [-0.15, -0.1) is 12.4 Å². The summed E-state index contributed by atoms with van der Waals surface area (Å²) in [5.41, 5.74) is 6.26. The quantitative estimate of drug-likeness (QED) is 0.687. The fraction of sp³-hybridized carbons (Fsp3) is 0.625. The van der Waals surface area contributed by atoms with E-state index in [2.05, 4.69) is 10.6 Å². The number of nitrogens with two attached hydrogens (primary N) is 1. The van der Waals surface area contributed by atoms with Gasteiger partial charge in [-0.2, -0.15) is 0 Å². The maximum Gasteiger partial charge on any atom is 0.287 e. The minimum absolute atomic E-state index is 0. The first-order valence-electron chi connectivity index (χ1n) is 7.92. The first-order chi connectivity index (χ1) is 10.5. The smallest absolute Gasteiger partial charge is 0.287 e. The van der Waals surface area contributed by atoms with Crippen LogP contribution in [0.25, 0.3) is 0 Å². The zero-order chi connectivity index (χ0) is 16.0. The Bertz CT molecular complexity index is 524. The Morgan fingerprint density at radius 3 is 2.48 bits per heavy atom. The summed E-state index contributed by atoms with van der Waals surface area (Å²) in [4.78, 5) is 23.9. The summed E-state index contributed by atoms with van der Waals surface area (Å²) in [7, 11) is 0. The fourth-order valence-corrected chi connectivity index (χ4v) is 2.76. The highest BCUT2D eigenvalue weighted by Gasteiger charge is 2.34. The second-order valence-corrected chi connectivity index (χ2v) is 6.01. The predicted molar refractivity (Wildman–Crippen MR) is 90.7 cm³/mol. The minimum Gasteiger partial charge on any atom is -0.459 e. The summed E-state index contributed by atoms with van der Waals surface area (Å²) in [6.07, 6.45) is 6.86. The maximum absolute atomic E-state index is 12.1. The van der Waals surface area contributed by atoms with Gasteiger partial charge in [0.2, 0.25) is 5.91 Å². The van der Waals surface area contributed by atoms with E-state index in [1.54, 1.807) is 6.07 Å². The molecule has 0 saturated heterocycles. The molecule has 1 heterocycles. The molecule has 2 rings (SSSR count). The molecular weight excluding hydrogens is 318 g/mol. The van der Waals surface area contributed by atoms with Crippen molar-refractivity contribution in [2.45, 2.75) is 51.0 Å². The molecule has 23 heavy (non-hydrogen) atoms. The number of furan rings is 1. The van der Waals surface area contributed by atoms with Gasteiger partial charge in [-0.05, 0) is 32.3 Å². The summed E-state index contributed by atoms with van der Waals surface area (Å²) in [6, 6.07) is 1.75. The normalized spacial score (nSPS) is 16.3. The number of hydrogen-bond donors (Lipinski definition) is 3. The lowest BCUT2D eigenvalue weighted by molar-refractivity contribution is -0.127. The Morgan fingerprint density at radius 2 is 1.87 bits per heavy atom. The minimum atomic E-state index is -0.702. The molecule has 130 valence electrons. The Labute approximate surface area is 143 Å². The molecule has 0 unspecified atom stereocenters. The third kappa shape index (κ3) is 5.25. The van der Waals surface area contributed by atoms with Gasteiger partial charge in [0.15, 0.2) is 5.76 Å². The van der Waals surface area contributed by atoms with Crippen molar-refractivity contribution in [1.82, 2.24) is 10.6 Å². The molecule has 0 aromatic carbocycles. The van der Waals surface area contributed by atoms with Crippen LogP contribution in [0, 0.1) is 6.92 Å². The van der Waals surface area contributed by atoms with E-state index in [1.165, 1.54) is 6.26 Å². The van der Waals surface area contributed by atoms with Gasteiger partial charge in [0.25, 0.3) is 5.91 Å². The molecule has 0 bridgehead atoms. The van der Waals surface area contributed by atoms with E-state index in [9.17, 15) is 9.59 Å². The molecule has 1 fully saturated rings. The number of carbonyl (C=O) groups excluding carboxylic acids is 2. The van der Waals surface area contributed by atoms with Crippen molar-refractivity contribution in [3.8, 4) is 0 Å². The molecule has 7 heteroatoms. The van der Waals surface area contributed by atoms with Crippen molar-refractivity contribution in [3.05, 3.63) is 23.7 Å². The number of aryl methyl sites for hydroxylation is 1. The first kappa shape index (κ1) is 19.5. The van der Waals surface area contributed by atoms with E-state index in [-0.39, 0.29) is 24.2 Å². The third-order valence-electron chi connectivity index (χ3n) is 4.19. The third-order valence-corrected chi connectivity index (χ3v) is 4.19. The fourth-order valence-electron chi connectivity index (χ4n) is 2.76. The van der Waals surface area contributed by atoms with Crippen molar-refractivity contribution in [2.75, 3.05) is 13.1 Å². The molecule has 1 aromatic rings. The van der Waals surface area contributed by atoms with Crippen LogP contribution < -0.4 is 16.4 Å². The van der Waals surface area contributed by atoms with Gasteiger partial charge in [0.05, 0.1) is 11.8 Å². The summed E-state index contributed by atoms with van der Waals surface area (Å²) in [5.74, 6) is 0.0453. The molecule has 0 aliphatic heterocycles. The van der Waals surface area contributed by atoms with Crippen LogP contribution in [-0.2, 0) is 4.79 Å². The average molecular weight is 344 g/mol. The number of nitrogens with one attached hydrogen (secondary N) is 2. The monoisotopic (exact) mass is 343 g/mol. The van der Waals surface area contributed by atoms with E-state index in [4.69, 9.17) is 10.2 Å². The van der Waals surface area contributed by atoms with Crippen molar-refractivity contribution in [3.63, 3.8) is 0 Å². The van der Waals surface area contributed by atoms with E-state index in [0.717, 1.165) is 37.7 Å². The Balaban J connectivity index is 0.00000264. The molecule has 1 aromatic heterocycles. The zero-order valence-electron chi connectivity index (χ0n) is 13.5. The molecule has 1 aliphatic rings. The second kappa shape index (κ2) is 8.93. The summed E-state index contributed by atoms with van der Waals surface area (Å²) in [6.45, 7) is 2.82. The second-order valence-electron chi connectivity index (χ2n) is 6.01. The molecular formula is C16H26ClN3O3. The molecule has 0 spiro atoms. The molecule has 6 nitrogen and oxygen atoms in total. The molecule has 0 radical (unpaired) electrons. The lowest BCUT2D eigenvalue weighted by Crippen LogP contribution is -2.55. The Kier molecular flexibility index (Phi) is 7.58. The van der Waals surface area contributed by atoms with Gasteiger partial charge in [-0.3, -0.25) is 9.59 Å². The predicted octanol–water partition coefficient (Wildman–Crippen LogP) is 1.91. The largest absolute Gasteiger partial charge is 0.459 e. The summed E-state index contributed by atoms with van der Waals surface area (Å²) < 4.78 is 5.12. The highest BCUT2D eigenvalue weighted by molar-refractivity contribution is 5.92. The van der Waals surface area contributed by atoms with Gasteiger partial charge in [0.1, 0.15) is 0 Å². The first-order valence-corrected chi connectivity index (χ1v) is 7.92. The number of hydrogen-bond acceptors (Lipinski definition) is 4. The van der Waals surface area contributed by atoms with Crippen molar-refractivity contribution < 1.29 is 14.0 Å². The standard InChI is InChI=1S/C16H25N3O3.ClH/c1-12-6-11-22-13(12)14(20)18-9-5-10-19-15(21)16(17)7-3-2-4-8-16;/h6,11H,2-5,7-10,17H2,1H3,(H,18,20)(H,19,21);1H. The lowest BCUT2D eigenvalue weighted by Gasteiger charge is -2.31. The van der Waals surface area contributed by atoms with Gasteiger partial charge in [-0.1, -0.05) is 19.3 Å². The van der Waals surface area contributed by atoms with E-state index >= 15 is 0 Å². The lowest BCUT2D eigenvalue weighted by atomic mass is 9.82. The Morgan fingerprint density at radius 1 is 1.22 bits per heavy atom. The van der Waals surface area contributed by atoms with Gasteiger partial charge in [-0.25, -0.2) is 0 Å².